The van der Waals surface area contributed by atoms with Gasteiger partial charge in [-0.25, -0.2) is 9.97 Å². The number of nitrogens with zero attached hydrogens (tertiary/aromatic N) is 2. The molecule has 29 heavy (non-hydrogen) atoms. The summed E-state index contributed by atoms with van der Waals surface area (Å²) in [5.74, 6) is 0. The SMILES string of the molecule is CCOP(=O)(OCC)C(NCCCCOc1ncccn1)P(=O)(OCC)OCC. The van der Waals surface area contributed by atoms with Crippen LogP contribution in [0.25, 0.3) is 0 Å². The molecule has 168 valence electrons. The van der Waals surface area contributed by atoms with Gasteiger partial charge in [-0.15, -0.1) is 0 Å². The Bertz CT molecular complexity index is 601. The molecule has 0 aliphatic carbocycles. The van der Waals surface area contributed by atoms with Crippen molar-refractivity contribution in [1.82, 2.24) is 15.3 Å². The van der Waals surface area contributed by atoms with Gasteiger partial charge in [0, 0.05) is 12.4 Å². The van der Waals surface area contributed by atoms with Gasteiger partial charge in [0.25, 0.3) is 0 Å². The first-order valence-electron chi connectivity index (χ1n) is 9.86. The summed E-state index contributed by atoms with van der Waals surface area (Å²) in [6.45, 7) is 8.12. The van der Waals surface area contributed by atoms with Gasteiger partial charge in [0.05, 0.1) is 33.0 Å². The summed E-state index contributed by atoms with van der Waals surface area (Å²) in [4.78, 5) is 7.96. The van der Waals surface area contributed by atoms with Crippen molar-refractivity contribution in [2.24, 2.45) is 0 Å². The van der Waals surface area contributed by atoms with Gasteiger partial charge in [-0.2, -0.15) is 0 Å². The lowest BCUT2D eigenvalue weighted by Crippen LogP contribution is -2.33. The first-order chi connectivity index (χ1) is 14.0. The Morgan fingerprint density at radius 1 is 0.862 bits per heavy atom. The number of rotatable bonds is 17. The molecule has 0 fully saturated rings. The second-order valence-corrected chi connectivity index (χ2v) is 10.3. The van der Waals surface area contributed by atoms with Crippen molar-refractivity contribution in [2.75, 3.05) is 39.6 Å². The van der Waals surface area contributed by atoms with Gasteiger partial charge in [-0.05, 0) is 53.1 Å². The number of ether oxygens (including phenoxy) is 1. The molecule has 0 saturated carbocycles. The monoisotopic (exact) mass is 453 g/mol. The molecule has 1 aromatic rings. The average molecular weight is 453 g/mol. The predicted octanol–water partition coefficient (Wildman–Crippen LogP) is 4.04. The fourth-order valence-electron chi connectivity index (χ4n) is 2.46. The highest BCUT2D eigenvalue weighted by atomic mass is 31.2. The maximum atomic E-state index is 13.3. The summed E-state index contributed by atoms with van der Waals surface area (Å²) in [5.41, 5.74) is -1.21. The Hall–Kier alpha value is -0.860. The fraction of sp³-hybridized carbons (Fsp3) is 0.765. The number of nitrogens with one attached hydrogen (secondary N) is 1. The van der Waals surface area contributed by atoms with E-state index in [0.29, 0.717) is 32.0 Å². The molecule has 0 bridgehead atoms. The molecular formula is C17H33N3O7P2. The van der Waals surface area contributed by atoms with E-state index in [1.54, 1.807) is 46.2 Å². The standard InChI is InChI=1S/C17H33N3O7P2/c1-5-24-28(21,25-6-2)17(29(22,26-7-3)27-8-4)20-12-9-10-15-23-16-18-13-11-14-19-16/h11,13-14,17,20H,5-10,12,15H2,1-4H3. The van der Waals surface area contributed by atoms with E-state index in [4.69, 9.17) is 22.8 Å². The molecular weight excluding hydrogens is 420 g/mol. The maximum absolute atomic E-state index is 13.3. The van der Waals surface area contributed by atoms with Crippen LogP contribution in [0, 0.1) is 0 Å². The first-order valence-corrected chi connectivity index (χ1v) is 13.1. The summed E-state index contributed by atoms with van der Waals surface area (Å²) in [5, 5.41) is 3.03. The van der Waals surface area contributed by atoms with Crippen LogP contribution in [0.1, 0.15) is 40.5 Å². The van der Waals surface area contributed by atoms with E-state index in [1.165, 1.54) is 0 Å². The van der Waals surface area contributed by atoms with Crippen LogP contribution in [0.4, 0.5) is 0 Å². The van der Waals surface area contributed by atoms with Crippen molar-refractivity contribution >= 4 is 15.2 Å². The number of unbranched alkanes of at least 4 members (excludes halogenated alkanes) is 1. The molecule has 1 N–H and O–H groups in total. The summed E-state index contributed by atoms with van der Waals surface area (Å²) in [6.07, 6.45) is 4.54. The van der Waals surface area contributed by atoms with Crippen LogP contribution in [0.5, 0.6) is 6.01 Å². The zero-order chi connectivity index (χ0) is 21.6. The lowest BCUT2D eigenvalue weighted by Gasteiger charge is -2.31. The van der Waals surface area contributed by atoms with Gasteiger partial charge in [0.2, 0.25) is 5.52 Å². The molecule has 0 saturated heterocycles. The van der Waals surface area contributed by atoms with E-state index in [9.17, 15) is 9.13 Å². The van der Waals surface area contributed by atoms with E-state index in [2.05, 4.69) is 15.3 Å². The van der Waals surface area contributed by atoms with Crippen LogP contribution in [0.3, 0.4) is 0 Å². The van der Waals surface area contributed by atoms with Crippen molar-refractivity contribution in [2.45, 2.75) is 46.1 Å². The van der Waals surface area contributed by atoms with E-state index >= 15 is 0 Å². The van der Waals surface area contributed by atoms with Gasteiger partial charge in [-0.1, -0.05) is 0 Å². The van der Waals surface area contributed by atoms with Crippen LogP contribution in [0.2, 0.25) is 0 Å². The summed E-state index contributed by atoms with van der Waals surface area (Å²) in [7, 11) is -7.58. The van der Waals surface area contributed by atoms with Crippen molar-refractivity contribution in [1.29, 1.82) is 0 Å². The fourth-order valence-corrected chi connectivity index (χ4v) is 7.50. The lowest BCUT2D eigenvalue weighted by atomic mass is 10.3. The lowest BCUT2D eigenvalue weighted by molar-refractivity contribution is 0.190. The van der Waals surface area contributed by atoms with Gasteiger partial charge >= 0.3 is 21.2 Å². The van der Waals surface area contributed by atoms with Crippen LogP contribution in [-0.2, 0) is 27.2 Å². The van der Waals surface area contributed by atoms with Gasteiger partial charge < -0.3 is 22.8 Å². The molecule has 0 unspecified atom stereocenters. The van der Waals surface area contributed by atoms with Crippen molar-refractivity contribution in [3.63, 3.8) is 0 Å². The first kappa shape index (κ1) is 26.2. The Kier molecular flexibility index (Phi) is 12.8. The second-order valence-electron chi connectivity index (χ2n) is 5.67. The van der Waals surface area contributed by atoms with E-state index < -0.39 is 20.7 Å². The molecule has 1 aromatic heterocycles. The van der Waals surface area contributed by atoms with E-state index in [-0.39, 0.29) is 26.4 Å². The Balaban J connectivity index is 2.75. The molecule has 12 heteroatoms. The summed E-state index contributed by atoms with van der Waals surface area (Å²) >= 11 is 0. The van der Waals surface area contributed by atoms with Crippen LogP contribution < -0.4 is 10.1 Å². The second kappa shape index (κ2) is 14.2. The highest BCUT2D eigenvalue weighted by Gasteiger charge is 2.50. The molecule has 1 rings (SSSR count). The maximum Gasteiger partial charge on any atom is 0.359 e. The minimum Gasteiger partial charge on any atom is -0.463 e. The Morgan fingerprint density at radius 3 is 1.79 bits per heavy atom. The van der Waals surface area contributed by atoms with Gasteiger partial charge in [0.1, 0.15) is 0 Å². The molecule has 0 aliphatic heterocycles. The van der Waals surface area contributed by atoms with Crippen LogP contribution >= 0.6 is 15.2 Å². The number of aromatic nitrogens is 2. The third-order valence-electron chi connectivity index (χ3n) is 3.51. The molecule has 1 heterocycles. The third-order valence-corrected chi connectivity index (χ3v) is 9.24. The van der Waals surface area contributed by atoms with Crippen molar-refractivity contribution < 1.29 is 32.0 Å². The molecule has 0 spiro atoms. The van der Waals surface area contributed by atoms with Crippen molar-refractivity contribution in [3.05, 3.63) is 18.5 Å². The molecule has 0 aromatic carbocycles. The number of hydrogen-bond acceptors (Lipinski definition) is 10. The summed E-state index contributed by atoms with van der Waals surface area (Å²) in [6, 6.07) is 2.02. The molecule has 0 radical (unpaired) electrons. The normalized spacial score (nSPS) is 12.4. The van der Waals surface area contributed by atoms with E-state index in [1.807, 2.05) is 0 Å². The quantitative estimate of drug-likeness (QED) is 0.273. The highest BCUT2D eigenvalue weighted by Crippen LogP contribution is 2.69. The van der Waals surface area contributed by atoms with Gasteiger partial charge in [0.15, 0.2) is 0 Å². The zero-order valence-electron chi connectivity index (χ0n) is 17.6. The van der Waals surface area contributed by atoms with Crippen LogP contribution in [-0.4, -0.2) is 55.1 Å². The molecule has 0 aliphatic rings. The van der Waals surface area contributed by atoms with Crippen LogP contribution in [0.15, 0.2) is 18.5 Å². The highest BCUT2D eigenvalue weighted by molar-refractivity contribution is 7.72. The Labute approximate surface area is 173 Å². The average Bonchev–Trinajstić information content (AvgIpc) is 2.68. The zero-order valence-corrected chi connectivity index (χ0v) is 19.4. The molecule has 0 amide bonds. The van der Waals surface area contributed by atoms with Gasteiger partial charge in [-0.3, -0.25) is 14.4 Å². The largest absolute Gasteiger partial charge is 0.463 e. The van der Waals surface area contributed by atoms with E-state index in [0.717, 1.165) is 0 Å². The topological polar surface area (TPSA) is 118 Å². The summed E-state index contributed by atoms with van der Waals surface area (Å²) < 4.78 is 53.7. The Morgan fingerprint density at radius 2 is 1.34 bits per heavy atom. The van der Waals surface area contributed by atoms with Crippen molar-refractivity contribution in [3.8, 4) is 6.01 Å². The molecule has 0 atom stereocenters. The third kappa shape index (κ3) is 8.80. The minimum atomic E-state index is -3.79. The smallest absolute Gasteiger partial charge is 0.359 e. The predicted molar refractivity (Wildman–Crippen MR) is 110 cm³/mol. The molecule has 10 nitrogen and oxygen atoms in total. The number of hydrogen-bond donors (Lipinski definition) is 1. The minimum absolute atomic E-state index is 0.138.